The van der Waals surface area contributed by atoms with E-state index < -0.39 is 0 Å². The Morgan fingerprint density at radius 1 is 1.00 bits per heavy atom. The molecule has 1 atom stereocenters. The van der Waals surface area contributed by atoms with Crippen molar-refractivity contribution in [2.24, 2.45) is 0 Å². The van der Waals surface area contributed by atoms with Crippen LogP contribution in [-0.2, 0) is 4.43 Å². The van der Waals surface area contributed by atoms with Crippen molar-refractivity contribution in [3.05, 3.63) is 0 Å². The van der Waals surface area contributed by atoms with E-state index in [1.165, 1.54) is 0 Å². The zero-order chi connectivity index (χ0) is 11.7. The Labute approximate surface area is 97.7 Å². The SMILES string of the molecule is CCN(CC)CC(O[SiH2]C)N(CC)CC. The molecule has 0 fully saturated rings. The first-order chi connectivity index (χ1) is 7.23. The Hall–Kier alpha value is 0.0969. The molecule has 0 saturated carbocycles. The maximum atomic E-state index is 5.94. The molecule has 0 aliphatic heterocycles. The molecule has 92 valence electrons. The molecule has 0 amide bonds. The van der Waals surface area contributed by atoms with Crippen LogP contribution in [0.3, 0.4) is 0 Å². The highest BCUT2D eigenvalue weighted by Crippen LogP contribution is 2.03. The van der Waals surface area contributed by atoms with E-state index in [-0.39, 0.29) is 9.76 Å². The predicted octanol–water partition coefficient (Wildman–Crippen LogP) is 1.14. The van der Waals surface area contributed by atoms with Crippen molar-refractivity contribution in [1.82, 2.24) is 9.80 Å². The summed E-state index contributed by atoms with van der Waals surface area (Å²) in [6.45, 7) is 16.5. The van der Waals surface area contributed by atoms with Gasteiger partial charge in [0.25, 0.3) is 0 Å². The molecule has 4 heteroatoms. The minimum Gasteiger partial charge on any atom is -0.408 e. The van der Waals surface area contributed by atoms with Crippen molar-refractivity contribution >= 4 is 9.76 Å². The van der Waals surface area contributed by atoms with Crippen LogP contribution >= 0.6 is 0 Å². The summed E-state index contributed by atoms with van der Waals surface area (Å²) in [5, 5.41) is 0. The lowest BCUT2D eigenvalue weighted by molar-refractivity contribution is 0.00858. The predicted molar refractivity (Wildman–Crippen MR) is 70.0 cm³/mol. The van der Waals surface area contributed by atoms with E-state index in [1.807, 2.05) is 0 Å². The van der Waals surface area contributed by atoms with Gasteiger partial charge in [0.05, 0.1) is 0 Å². The van der Waals surface area contributed by atoms with Gasteiger partial charge in [0.15, 0.2) is 9.76 Å². The van der Waals surface area contributed by atoms with Crippen LogP contribution in [0.2, 0.25) is 6.55 Å². The second kappa shape index (κ2) is 9.33. The summed E-state index contributed by atoms with van der Waals surface area (Å²) in [7, 11) is -0.321. The smallest absolute Gasteiger partial charge is 0.160 e. The minimum absolute atomic E-state index is 0.316. The molecule has 0 bridgehead atoms. The van der Waals surface area contributed by atoms with Gasteiger partial charge in [-0.2, -0.15) is 0 Å². The first-order valence-electron chi connectivity index (χ1n) is 6.31. The normalized spacial score (nSPS) is 14.6. The number of rotatable bonds is 9. The van der Waals surface area contributed by atoms with Crippen LogP contribution in [0.4, 0.5) is 0 Å². The second-order valence-electron chi connectivity index (χ2n) is 3.62. The Kier molecular flexibility index (Phi) is 9.39. The molecule has 1 unspecified atom stereocenters. The molecule has 0 spiro atoms. The van der Waals surface area contributed by atoms with Gasteiger partial charge >= 0.3 is 0 Å². The van der Waals surface area contributed by atoms with E-state index in [4.69, 9.17) is 4.43 Å². The highest BCUT2D eigenvalue weighted by molar-refractivity contribution is 6.24. The molecule has 0 saturated heterocycles. The van der Waals surface area contributed by atoms with Crippen LogP contribution in [0.15, 0.2) is 0 Å². The zero-order valence-electron chi connectivity index (χ0n) is 11.1. The van der Waals surface area contributed by atoms with E-state index >= 15 is 0 Å². The Morgan fingerprint density at radius 3 is 1.87 bits per heavy atom. The first kappa shape index (κ1) is 15.1. The van der Waals surface area contributed by atoms with Crippen LogP contribution < -0.4 is 0 Å². The molecule has 3 nitrogen and oxygen atoms in total. The maximum absolute atomic E-state index is 5.94. The van der Waals surface area contributed by atoms with E-state index in [2.05, 4.69) is 44.0 Å². The molecule has 0 radical (unpaired) electrons. The Balaban J connectivity index is 4.22. The summed E-state index contributed by atoms with van der Waals surface area (Å²) in [4.78, 5) is 4.85. The van der Waals surface area contributed by atoms with Crippen LogP contribution in [0, 0.1) is 0 Å². The third-order valence-electron chi connectivity index (χ3n) is 2.89. The molecule has 0 aliphatic rings. The van der Waals surface area contributed by atoms with E-state index in [1.54, 1.807) is 0 Å². The molecule has 0 N–H and O–H groups in total. The summed E-state index contributed by atoms with van der Waals surface area (Å²) in [5.41, 5.74) is 0. The molecule has 0 aromatic heterocycles. The van der Waals surface area contributed by atoms with Gasteiger partial charge in [-0.05, 0) is 26.2 Å². The molecule has 0 heterocycles. The fourth-order valence-corrected chi connectivity index (χ4v) is 2.50. The number of hydrogen-bond acceptors (Lipinski definition) is 3. The van der Waals surface area contributed by atoms with Crippen molar-refractivity contribution in [1.29, 1.82) is 0 Å². The van der Waals surface area contributed by atoms with Crippen molar-refractivity contribution in [2.75, 3.05) is 32.7 Å². The van der Waals surface area contributed by atoms with Crippen molar-refractivity contribution < 1.29 is 4.43 Å². The lowest BCUT2D eigenvalue weighted by atomic mass is 10.4. The fourth-order valence-electron chi connectivity index (χ4n) is 1.80. The fraction of sp³-hybridized carbons (Fsp3) is 1.00. The lowest BCUT2D eigenvalue weighted by Gasteiger charge is -2.33. The third kappa shape index (κ3) is 5.66. The van der Waals surface area contributed by atoms with Gasteiger partial charge in [0, 0.05) is 6.54 Å². The highest BCUT2D eigenvalue weighted by Gasteiger charge is 2.17. The van der Waals surface area contributed by atoms with E-state index in [9.17, 15) is 0 Å². The van der Waals surface area contributed by atoms with Gasteiger partial charge in [0.2, 0.25) is 0 Å². The van der Waals surface area contributed by atoms with E-state index in [0.717, 1.165) is 32.7 Å². The monoisotopic (exact) mass is 232 g/mol. The zero-order valence-corrected chi connectivity index (χ0v) is 12.5. The van der Waals surface area contributed by atoms with Gasteiger partial charge < -0.3 is 4.43 Å². The molecular formula is C11H28N2OSi. The van der Waals surface area contributed by atoms with Crippen molar-refractivity contribution in [2.45, 2.75) is 40.5 Å². The molecule has 0 aliphatic carbocycles. The average Bonchev–Trinajstić information content (AvgIpc) is 2.27. The van der Waals surface area contributed by atoms with Gasteiger partial charge in [-0.25, -0.2) is 0 Å². The first-order valence-corrected chi connectivity index (χ1v) is 8.30. The quantitative estimate of drug-likeness (QED) is 0.438. The lowest BCUT2D eigenvalue weighted by Crippen LogP contribution is -2.46. The number of likely N-dealkylation sites (N-methyl/N-ethyl adjacent to an activating group) is 2. The van der Waals surface area contributed by atoms with Crippen LogP contribution in [0.25, 0.3) is 0 Å². The standard InChI is InChI=1S/C11H28N2OSi/c1-6-12(7-2)10-11(14-15-5)13(8-3)9-4/h11H,6-10,15H2,1-5H3. The highest BCUT2D eigenvalue weighted by atomic mass is 28.2. The van der Waals surface area contributed by atoms with Crippen LogP contribution in [0.1, 0.15) is 27.7 Å². The Morgan fingerprint density at radius 2 is 1.53 bits per heavy atom. The minimum atomic E-state index is -0.321. The third-order valence-corrected chi connectivity index (χ3v) is 3.61. The van der Waals surface area contributed by atoms with Crippen LogP contribution in [-0.4, -0.2) is 58.5 Å². The van der Waals surface area contributed by atoms with Gasteiger partial charge in [0.1, 0.15) is 6.23 Å². The van der Waals surface area contributed by atoms with Gasteiger partial charge in [-0.15, -0.1) is 0 Å². The summed E-state index contributed by atoms with van der Waals surface area (Å²) in [5.74, 6) is 0. The largest absolute Gasteiger partial charge is 0.408 e. The van der Waals surface area contributed by atoms with Crippen molar-refractivity contribution in [3.63, 3.8) is 0 Å². The van der Waals surface area contributed by atoms with E-state index in [0.29, 0.717) is 6.23 Å². The van der Waals surface area contributed by atoms with Crippen molar-refractivity contribution in [3.8, 4) is 0 Å². The Bertz CT molecular complexity index is 139. The summed E-state index contributed by atoms with van der Waals surface area (Å²) >= 11 is 0. The topological polar surface area (TPSA) is 15.7 Å². The average molecular weight is 232 g/mol. The van der Waals surface area contributed by atoms with Crippen LogP contribution in [0.5, 0.6) is 0 Å². The maximum Gasteiger partial charge on any atom is 0.160 e. The number of hydrogen-bond donors (Lipinski definition) is 0. The van der Waals surface area contributed by atoms with Gasteiger partial charge in [-0.3, -0.25) is 9.80 Å². The molecule has 0 aromatic rings. The molecule has 15 heavy (non-hydrogen) atoms. The summed E-state index contributed by atoms with van der Waals surface area (Å²) < 4.78 is 5.94. The molecule has 0 aromatic carbocycles. The molecular weight excluding hydrogens is 204 g/mol. The summed E-state index contributed by atoms with van der Waals surface area (Å²) in [6, 6.07) is 0. The molecule has 0 rings (SSSR count). The van der Waals surface area contributed by atoms with Gasteiger partial charge in [-0.1, -0.05) is 34.2 Å². The second-order valence-corrected chi connectivity index (χ2v) is 4.53. The summed E-state index contributed by atoms with van der Waals surface area (Å²) in [6.07, 6.45) is 0.316. The number of nitrogens with zero attached hydrogens (tertiary/aromatic N) is 2.